The fraction of sp³-hybridized carbons (Fsp3) is 0.222. The molecule has 0 spiro atoms. The largest absolute Gasteiger partial charge is 0.481 e. The van der Waals surface area contributed by atoms with Crippen molar-refractivity contribution in [3.05, 3.63) is 29.3 Å². The van der Waals surface area contributed by atoms with Gasteiger partial charge in [0.15, 0.2) is 0 Å². The van der Waals surface area contributed by atoms with Crippen LogP contribution in [0, 0.1) is 0 Å². The first kappa shape index (κ1) is 9.54. The standard InChI is InChI=1S/C9H12N2O2/c10-5-6-1-2-7(4-9(12)13)8(11)3-6/h1-3H,4-5,10-11H2,(H,12,13). The Labute approximate surface area is 76.2 Å². The summed E-state index contributed by atoms with van der Waals surface area (Å²) >= 11 is 0. The van der Waals surface area contributed by atoms with Crippen molar-refractivity contribution in [1.29, 1.82) is 0 Å². The molecule has 0 aliphatic carbocycles. The van der Waals surface area contributed by atoms with Crippen molar-refractivity contribution in [2.75, 3.05) is 5.73 Å². The first-order valence-corrected chi connectivity index (χ1v) is 3.92. The molecular formula is C9H12N2O2. The second kappa shape index (κ2) is 3.91. The normalized spacial score (nSPS) is 9.92. The van der Waals surface area contributed by atoms with Crippen LogP contribution < -0.4 is 11.5 Å². The minimum atomic E-state index is -0.882. The number of anilines is 1. The second-order valence-corrected chi connectivity index (χ2v) is 2.81. The number of nitrogen functional groups attached to an aromatic ring is 1. The van der Waals surface area contributed by atoms with Crippen LogP contribution in [0.1, 0.15) is 11.1 Å². The zero-order chi connectivity index (χ0) is 9.84. The number of hydrogen-bond acceptors (Lipinski definition) is 3. The van der Waals surface area contributed by atoms with E-state index < -0.39 is 5.97 Å². The van der Waals surface area contributed by atoms with Gasteiger partial charge in [0, 0.05) is 12.2 Å². The van der Waals surface area contributed by atoms with Crippen molar-refractivity contribution in [1.82, 2.24) is 0 Å². The molecule has 0 bridgehead atoms. The Morgan fingerprint density at radius 1 is 1.46 bits per heavy atom. The second-order valence-electron chi connectivity index (χ2n) is 2.81. The van der Waals surface area contributed by atoms with Gasteiger partial charge in [-0.3, -0.25) is 4.79 Å². The zero-order valence-corrected chi connectivity index (χ0v) is 7.16. The lowest BCUT2D eigenvalue weighted by molar-refractivity contribution is -0.136. The molecule has 1 aromatic rings. The molecule has 13 heavy (non-hydrogen) atoms. The average Bonchev–Trinajstić information content (AvgIpc) is 2.08. The van der Waals surface area contributed by atoms with Crippen molar-refractivity contribution in [2.45, 2.75) is 13.0 Å². The molecule has 70 valence electrons. The average molecular weight is 180 g/mol. The highest BCUT2D eigenvalue weighted by molar-refractivity contribution is 5.73. The Morgan fingerprint density at radius 3 is 2.62 bits per heavy atom. The summed E-state index contributed by atoms with van der Waals surface area (Å²) in [6, 6.07) is 5.19. The molecule has 0 radical (unpaired) electrons. The summed E-state index contributed by atoms with van der Waals surface area (Å²) in [5.74, 6) is -0.882. The van der Waals surface area contributed by atoms with Gasteiger partial charge < -0.3 is 16.6 Å². The van der Waals surface area contributed by atoms with Crippen molar-refractivity contribution >= 4 is 11.7 Å². The molecule has 0 aromatic heterocycles. The maximum absolute atomic E-state index is 10.4. The SMILES string of the molecule is NCc1ccc(CC(=O)O)c(N)c1. The van der Waals surface area contributed by atoms with E-state index in [0.717, 1.165) is 5.56 Å². The Bertz CT molecular complexity index is 323. The van der Waals surface area contributed by atoms with Crippen molar-refractivity contribution in [3.63, 3.8) is 0 Å². The summed E-state index contributed by atoms with van der Waals surface area (Å²) in [5, 5.41) is 8.54. The predicted molar refractivity (Wildman–Crippen MR) is 50.1 cm³/mol. The van der Waals surface area contributed by atoms with E-state index in [1.807, 2.05) is 0 Å². The number of rotatable bonds is 3. The fourth-order valence-corrected chi connectivity index (χ4v) is 1.10. The Balaban J connectivity index is 2.91. The van der Waals surface area contributed by atoms with Gasteiger partial charge in [-0.1, -0.05) is 12.1 Å². The number of nitrogens with two attached hydrogens (primary N) is 2. The summed E-state index contributed by atoms with van der Waals surface area (Å²) in [6.45, 7) is 0.414. The smallest absolute Gasteiger partial charge is 0.307 e. The third kappa shape index (κ3) is 2.45. The van der Waals surface area contributed by atoms with E-state index in [4.69, 9.17) is 16.6 Å². The Kier molecular flexibility index (Phi) is 2.87. The van der Waals surface area contributed by atoms with Gasteiger partial charge in [-0.2, -0.15) is 0 Å². The van der Waals surface area contributed by atoms with E-state index in [1.165, 1.54) is 0 Å². The van der Waals surface area contributed by atoms with Crippen LogP contribution in [0.3, 0.4) is 0 Å². The monoisotopic (exact) mass is 180 g/mol. The van der Waals surface area contributed by atoms with Crippen LogP contribution in [0.15, 0.2) is 18.2 Å². The van der Waals surface area contributed by atoms with Crippen molar-refractivity contribution < 1.29 is 9.90 Å². The number of carboxylic acid groups (broad SMARTS) is 1. The first-order chi connectivity index (χ1) is 6.13. The summed E-state index contributed by atoms with van der Waals surface area (Å²) in [5.41, 5.74) is 13.1. The number of aliphatic carboxylic acids is 1. The van der Waals surface area contributed by atoms with Crippen molar-refractivity contribution in [2.24, 2.45) is 5.73 Å². The quantitative estimate of drug-likeness (QED) is 0.586. The molecule has 0 saturated heterocycles. The van der Waals surface area contributed by atoms with E-state index in [-0.39, 0.29) is 6.42 Å². The Morgan fingerprint density at radius 2 is 2.15 bits per heavy atom. The highest BCUT2D eigenvalue weighted by Gasteiger charge is 2.04. The molecule has 0 heterocycles. The van der Waals surface area contributed by atoms with Crippen LogP contribution >= 0.6 is 0 Å². The maximum atomic E-state index is 10.4. The number of hydrogen-bond donors (Lipinski definition) is 3. The van der Waals surface area contributed by atoms with E-state index in [2.05, 4.69) is 0 Å². The molecule has 4 nitrogen and oxygen atoms in total. The lowest BCUT2D eigenvalue weighted by Crippen LogP contribution is -2.05. The molecule has 0 saturated carbocycles. The van der Waals surface area contributed by atoms with Gasteiger partial charge in [-0.15, -0.1) is 0 Å². The molecule has 0 aliphatic heterocycles. The van der Waals surface area contributed by atoms with Gasteiger partial charge in [-0.05, 0) is 17.2 Å². The van der Waals surface area contributed by atoms with Crippen LogP contribution in [0.25, 0.3) is 0 Å². The van der Waals surface area contributed by atoms with E-state index in [1.54, 1.807) is 18.2 Å². The lowest BCUT2D eigenvalue weighted by Gasteiger charge is -2.04. The Hall–Kier alpha value is -1.55. The molecule has 0 amide bonds. The highest BCUT2D eigenvalue weighted by atomic mass is 16.4. The molecule has 5 N–H and O–H groups in total. The van der Waals surface area contributed by atoms with E-state index >= 15 is 0 Å². The van der Waals surface area contributed by atoms with Crippen LogP contribution in [0.4, 0.5) is 5.69 Å². The predicted octanol–water partition coefficient (Wildman–Crippen LogP) is 0.355. The number of benzene rings is 1. The molecule has 1 rings (SSSR count). The van der Waals surface area contributed by atoms with Gasteiger partial charge >= 0.3 is 5.97 Å². The zero-order valence-electron chi connectivity index (χ0n) is 7.16. The lowest BCUT2D eigenvalue weighted by atomic mass is 10.1. The van der Waals surface area contributed by atoms with E-state index in [0.29, 0.717) is 17.8 Å². The highest BCUT2D eigenvalue weighted by Crippen LogP contribution is 2.14. The van der Waals surface area contributed by atoms with Gasteiger partial charge in [0.05, 0.1) is 6.42 Å². The van der Waals surface area contributed by atoms with Crippen LogP contribution in [-0.4, -0.2) is 11.1 Å². The summed E-state index contributed by atoms with van der Waals surface area (Å²) in [4.78, 5) is 10.4. The molecule has 1 aromatic carbocycles. The van der Waals surface area contributed by atoms with Gasteiger partial charge in [-0.25, -0.2) is 0 Å². The summed E-state index contributed by atoms with van der Waals surface area (Å²) in [6.07, 6.45) is -0.0450. The third-order valence-electron chi connectivity index (χ3n) is 1.79. The molecule has 0 aliphatic rings. The summed E-state index contributed by atoms with van der Waals surface area (Å²) < 4.78 is 0. The number of carbonyl (C=O) groups is 1. The van der Waals surface area contributed by atoms with Crippen molar-refractivity contribution in [3.8, 4) is 0 Å². The molecule has 4 heteroatoms. The van der Waals surface area contributed by atoms with Gasteiger partial charge in [0.25, 0.3) is 0 Å². The fourth-order valence-electron chi connectivity index (χ4n) is 1.10. The van der Waals surface area contributed by atoms with Gasteiger partial charge in [0.1, 0.15) is 0 Å². The van der Waals surface area contributed by atoms with E-state index in [9.17, 15) is 4.79 Å². The maximum Gasteiger partial charge on any atom is 0.307 e. The third-order valence-corrected chi connectivity index (χ3v) is 1.79. The molecule has 0 atom stereocenters. The molecule has 0 unspecified atom stereocenters. The molecular weight excluding hydrogens is 168 g/mol. The topological polar surface area (TPSA) is 89.3 Å². The van der Waals surface area contributed by atoms with Crippen LogP contribution in [0.2, 0.25) is 0 Å². The van der Waals surface area contributed by atoms with Crippen LogP contribution in [-0.2, 0) is 17.8 Å². The minimum Gasteiger partial charge on any atom is -0.481 e. The minimum absolute atomic E-state index is 0.0450. The van der Waals surface area contributed by atoms with Crippen LogP contribution in [0.5, 0.6) is 0 Å². The molecule has 0 fully saturated rings. The number of carboxylic acids is 1. The first-order valence-electron chi connectivity index (χ1n) is 3.92. The summed E-state index contributed by atoms with van der Waals surface area (Å²) in [7, 11) is 0. The van der Waals surface area contributed by atoms with Gasteiger partial charge in [0.2, 0.25) is 0 Å².